The fourth-order valence-electron chi connectivity index (χ4n) is 4.07. The normalized spacial score (nSPS) is 10.8. The van der Waals surface area contributed by atoms with Crippen molar-refractivity contribution in [1.29, 1.82) is 0 Å². The maximum absolute atomic E-state index is 12.9. The quantitative estimate of drug-likeness (QED) is 0.329. The van der Waals surface area contributed by atoms with E-state index in [4.69, 9.17) is 21.7 Å². The molecule has 4 rings (SSSR count). The number of fused-ring (bicyclic) bond motifs is 1. The van der Waals surface area contributed by atoms with E-state index in [1.807, 2.05) is 66.6 Å². The second-order valence-corrected chi connectivity index (χ2v) is 8.99. The van der Waals surface area contributed by atoms with Crippen LogP contribution >= 0.6 is 12.2 Å². The van der Waals surface area contributed by atoms with Gasteiger partial charge in [-0.25, -0.2) is 0 Å². The van der Waals surface area contributed by atoms with E-state index >= 15 is 0 Å². The van der Waals surface area contributed by atoms with E-state index in [1.54, 1.807) is 20.4 Å². The van der Waals surface area contributed by atoms with E-state index in [0.717, 1.165) is 34.0 Å². The molecule has 36 heavy (non-hydrogen) atoms. The monoisotopic (exact) mass is 502 g/mol. The van der Waals surface area contributed by atoms with Crippen molar-refractivity contribution < 1.29 is 9.47 Å². The van der Waals surface area contributed by atoms with Gasteiger partial charge in [-0.2, -0.15) is 0 Å². The average molecular weight is 503 g/mol. The van der Waals surface area contributed by atoms with Gasteiger partial charge >= 0.3 is 0 Å². The van der Waals surface area contributed by atoms with Gasteiger partial charge in [-0.1, -0.05) is 23.8 Å². The Bertz CT molecular complexity index is 1410. The third-order valence-corrected chi connectivity index (χ3v) is 6.36. The number of ether oxygens (including phenoxy) is 2. The zero-order valence-corrected chi connectivity index (χ0v) is 21.5. The van der Waals surface area contributed by atoms with E-state index in [1.165, 1.54) is 0 Å². The van der Waals surface area contributed by atoms with Crippen LogP contribution in [0.1, 0.15) is 22.3 Å². The minimum Gasteiger partial charge on any atom is -0.493 e. The van der Waals surface area contributed by atoms with Crippen LogP contribution in [0.5, 0.6) is 11.5 Å². The van der Waals surface area contributed by atoms with Crippen LogP contribution in [0.4, 0.5) is 0 Å². The van der Waals surface area contributed by atoms with E-state index in [9.17, 15) is 4.79 Å². The number of hydrogen-bond acceptors (Lipinski definition) is 5. The highest BCUT2D eigenvalue weighted by Crippen LogP contribution is 2.27. The van der Waals surface area contributed by atoms with Crippen molar-refractivity contribution >= 4 is 28.2 Å². The summed E-state index contributed by atoms with van der Waals surface area (Å²) in [6.45, 7) is 3.57. The maximum atomic E-state index is 12.9. The van der Waals surface area contributed by atoms with Crippen molar-refractivity contribution in [1.82, 2.24) is 20.2 Å². The molecule has 0 saturated heterocycles. The first-order chi connectivity index (χ1) is 17.5. The fraction of sp³-hybridized carbons (Fsp3) is 0.250. The van der Waals surface area contributed by atoms with Crippen molar-refractivity contribution in [2.45, 2.75) is 26.4 Å². The highest BCUT2D eigenvalue weighted by Gasteiger charge is 2.15. The number of nitrogens with one attached hydrogen (secondary N) is 2. The molecule has 2 aromatic heterocycles. The molecule has 8 heteroatoms. The van der Waals surface area contributed by atoms with Crippen LogP contribution in [-0.2, 0) is 19.5 Å². The molecular weight excluding hydrogens is 472 g/mol. The van der Waals surface area contributed by atoms with Crippen LogP contribution in [0.2, 0.25) is 0 Å². The molecule has 0 unspecified atom stereocenters. The first-order valence-electron chi connectivity index (χ1n) is 11.7. The Morgan fingerprint density at radius 2 is 1.86 bits per heavy atom. The number of thiocarbonyl (C=S) groups is 1. The molecule has 2 N–H and O–H groups in total. The molecule has 0 aliphatic carbocycles. The summed E-state index contributed by atoms with van der Waals surface area (Å²) >= 11 is 5.77. The van der Waals surface area contributed by atoms with Gasteiger partial charge < -0.3 is 24.7 Å². The number of aryl methyl sites for hydroxylation is 1. The van der Waals surface area contributed by atoms with E-state index in [-0.39, 0.29) is 5.56 Å². The molecule has 0 aliphatic rings. The van der Waals surface area contributed by atoms with Gasteiger partial charge in [0.2, 0.25) is 0 Å². The number of hydrogen-bond donors (Lipinski definition) is 2. The van der Waals surface area contributed by atoms with Crippen molar-refractivity contribution in [3.8, 4) is 11.5 Å². The number of benzene rings is 2. The van der Waals surface area contributed by atoms with E-state index in [0.29, 0.717) is 41.8 Å². The third-order valence-electron chi connectivity index (χ3n) is 5.96. The summed E-state index contributed by atoms with van der Waals surface area (Å²) in [6, 6.07) is 17.7. The van der Waals surface area contributed by atoms with Crippen molar-refractivity contribution in [2.75, 3.05) is 20.8 Å². The van der Waals surface area contributed by atoms with Crippen LogP contribution in [-0.4, -0.2) is 40.7 Å². The Balaban J connectivity index is 1.50. The Kier molecular flexibility index (Phi) is 8.17. The first kappa shape index (κ1) is 25.2. The van der Waals surface area contributed by atoms with Crippen LogP contribution in [0.3, 0.4) is 0 Å². The Labute approximate surface area is 216 Å². The topological polar surface area (TPSA) is 79.5 Å². The minimum absolute atomic E-state index is 0.115. The van der Waals surface area contributed by atoms with E-state index < -0.39 is 0 Å². The van der Waals surface area contributed by atoms with Gasteiger partial charge in [-0.15, -0.1) is 0 Å². The minimum atomic E-state index is -0.115. The third kappa shape index (κ3) is 6.20. The Hall–Kier alpha value is -3.91. The van der Waals surface area contributed by atoms with Gasteiger partial charge in [0.05, 0.1) is 20.8 Å². The summed E-state index contributed by atoms with van der Waals surface area (Å²) in [6.07, 6.45) is 4.30. The maximum Gasteiger partial charge on any atom is 0.253 e. The number of methoxy groups -OCH3 is 2. The molecule has 0 saturated carbocycles. The highest BCUT2D eigenvalue weighted by atomic mass is 32.1. The summed E-state index contributed by atoms with van der Waals surface area (Å²) in [5, 5.41) is 4.93. The molecule has 0 amide bonds. The number of aromatic amines is 1. The van der Waals surface area contributed by atoms with Gasteiger partial charge in [0.25, 0.3) is 5.56 Å². The molecule has 2 aromatic carbocycles. The van der Waals surface area contributed by atoms with Crippen molar-refractivity contribution in [2.24, 2.45) is 0 Å². The summed E-state index contributed by atoms with van der Waals surface area (Å²) in [4.78, 5) is 22.1. The average Bonchev–Trinajstić information content (AvgIpc) is 2.89. The molecular formula is C28H30N4O3S. The molecule has 0 radical (unpaired) electrons. The molecule has 2 heterocycles. The lowest BCUT2D eigenvalue weighted by molar-refractivity contribution is 0.354. The van der Waals surface area contributed by atoms with Gasteiger partial charge in [-0.05, 0) is 78.5 Å². The second-order valence-electron chi connectivity index (χ2n) is 8.60. The number of H-pyrrole nitrogens is 1. The largest absolute Gasteiger partial charge is 0.493 e. The lowest BCUT2D eigenvalue weighted by atomic mass is 10.1. The van der Waals surface area contributed by atoms with Gasteiger partial charge in [0.1, 0.15) is 0 Å². The number of aromatic nitrogens is 2. The predicted molar refractivity (Wildman–Crippen MR) is 147 cm³/mol. The van der Waals surface area contributed by atoms with Gasteiger partial charge in [0, 0.05) is 36.6 Å². The molecule has 186 valence electrons. The van der Waals surface area contributed by atoms with Crippen LogP contribution < -0.4 is 20.3 Å². The van der Waals surface area contributed by atoms with Gasteiger partial charge in [-0.3, -0.25) is 9.78 Å². The first-order valence-corrected chi connectivity index (χ1v) is 12.1. The summed E-state index contributed by atoms with van der Waals surface area (Å²) in [5.74, 6) is 1.39. The van der Waals surface area contributed by atoms with Crippen molar-refractivity contribution in [3.05, 3.63) is 99.6 Å². The van der Waals surface area contributed by atoms with Crippen molar-refractivity contribution in [3.63, 3.8) is 0 Å². The predicted octanol–water partition coefficient (Wildman–Crippen LogP) is 4.37. The molecule has 0 fully saturated rings. The summed E-state index contributed by atoms with van der Waals surface area (Å²) in [5.41, 5.74) is 4.61. The Morgan fingerprint density at radius 1 is 1.03 bits per heavy atom. The zero-order valence-electron chi connectivity index (χ0n) is 20.7. The molecule has 0 atom stereocenters. The fourth-order valence-corrected chi connectivity index (χ4v) is 4.30. The van der Waals surface area contributed by atoms with E-state index in [2.05, 4.69) is 21.4 Å². The summed E-state index contributed by atoms with van der Waals surface area (Å²) < 4.78 is 10.7. The standard InChI is InChI=1S/C28H30N4O3S/c1-19-6-8-24-22(13-19)15-23(27(33)31-24)18-32(17-21-5-4-11-29-16-21)28(36)30-12-10-20-7-9-25(34-2)26(14-20)35-3/h4-9,11,13-16H,10,12,17-18H2,1-3H3,(H,30,36)(H,31,33). The number of rotatable bonds is 9. The van der Waals surface area contributed by atoms with Crippen LogP contribution in [0.25, 0.3) is 10.9 Å². The lowest BCUT2D eigenvalue weighted by Crippen LogP contribution is -2.40. The number of nitrogens with zero attached hydrogens (tertiary/aromatic N) is 2. The molecule has 7 nitrogen and oxygen atoms in total. The molecule has 0 spiro atoms. The Morgan fingerprint density at radius 3 is 2.61 bits per heavy atom. The second kappa shape index (κ2) is 11.7. The SMILES string of the molecule is COc1ccc(CCNC(=S)N(Cc2cccnc2)Cc2cc3cc(C)ccc3[nH]c2=O)cc1OC. The number of pyridine rings is 2. The molecule has 0 bridgehead atoms. The van der Waals surface area contributed by atoms with Crippen LogP contribution in [0.15, 0.2) is 71.8 Å². The highest BCUT2D eigenvalue weighted by molar-refractivity contribution is 7.80. The van der Waals surface area contributed by atoms with Gasteiger partial charge in [0.15, 0.2) is 16.6 Å². The van der Waals surface area contributed by atoms with Crippen LogP contribution in [0, 0.1) is 6.92 Å². The summed E-state index contributed by atoms with van der Waals surface area (Å²) in [7, 11) is 3.25. The zero-order chi connectivity index (χ0) is 25.5. The molecule has 0 aliphatic heterocycles. The molecule has 4 aromatic rings. The lowest BCUT2D eigenvalue weighted by Gasteiger charge is -2.26. The smallest absolute Gasteiger partial charge is 0.253 e.